The second-order valence-corrected chi connectivity index (χ2v) is 3.72. The van der Waals surface area contributed by atoms with Crippen LogP contribution in [0, 0.1) is 3.70 Å². The molecular weight excluding hydrogens is 312 g/mol. The lowest BCUT2D eigenvalue weighted by Gasteiger charge is -2.08. The topological polar surface area (TPSA) is 38.9 Å². The third-order valence-electron chi connectivity index (χ3n) is 1.52. The van der Waals surface area contributed by atoms with E-state index in [0.29, 0.717) is 9.26 Å². The Kier molecular flexibility index (Phi) is 3.81. The summed E-state index contributed by atoms with van der Waals surface area (Å²) in [4.78, 5) is 3.83. The molecular formula is C7H6ClF2IN2. The third kappa shape index (κ3) is 2.47. The predicted octanol–water partition coefficient (Wildman–Crippen LogP) is 2.74. The van der Waals surface area contributed by atoms with Crippen LogP contribution in [-0.4, -0.2) is 4.98 Å². The smallest absolute Gasteiger partial charge is 0.264 e. The van der Waals surface area contributed by atoms with E-state index in [4.69, 9.17) is 17.3 Å². The molecule has 2 nitrogen and oxygen atoms in total. The summed E-state index contributed by atoms with van der Waals surface area (Å²) in [7, 11) is 0. The lowest BCUT2D eigenvalue weighted by Crippen LogP contribution is -2.06. The zero-order valence-electron chi connectivity index (χ0n) is 6.40. The summed E-state index contributed by atoms with van der Waals surface area (Å²) in [6, 6.07) is 1.15. The van der Waals surface area contributed by atoms with Gasteiger partial charge in [0.05, 0.1) is 0 Å². The first-order chi connectivity index (χ1) is 6.06. The maximum Gasteiger partial charge on any atom is 0.264 e. The molecule has 0 aliphatic rings. The summed E-state index contributed by atoms with van der Waals surface area (Å²) in [5.41, 5.74) is 5.55. The molecule has 0 unspecified atom stereocenters. The second-order valence-electron chi connectivity index (χ2n) is 2.31. The molecule has 0 aliphatic carbocycles. The van der Waals surface area contributed by atoms with Crippen molar-refractivity contribution in [3.05, 3.63) is 26.0 Å². The molecule has 13 heavy (non-hydrogen) atoms. The van der Waals surface area contributed by atoms with E-state index in [0.717, 1.165) is 6.07 Å². The molecule has 1 aromatic heterocycles. The quantitative estimate of drug-likeness (QED) is 0.673. The molecule has 0 aromatic carbocycles. The number of pyridine rings is 1. The first-order valence-electron chi connectivity index (χ1n) is 3.39. The van der Waals surface area contributed by atoms with E-state index in [1.54, 1.807) is 0 Å². The molecule has 72 valence electrons. The molecule has 0 saturated heterocycles. The standard InChI is InChI=1S/C7H6ClF2IN2/c8-5-1-3(6(9)10)4(2-12)7(11)13-5/h1,6H,2,12H2. The highest BCUT2D eigenvalue weighted by Gasteiger charge is 2.16. The van der Waals surface area contributed by atoms with E-state index in [-0.39, 0.29) is 17.3 Å². The van der Waals surface area contributed by atoms with Gasteiger partial charge in [-0.05, 0) is 28.7 Å². The van der Waals surface area contributed by atoms with E-state index >= 15 is 0 Å². The van der Waals surface area contributed by atoms with Gasteiger partial charge in [0.15, 0.2) is 0 Å². The molecule has 0 fully saturated rings. The first kappa shape index (κ1) is 11.1. The Bertz CT molecular complexity index is 320. The van der Waals surface area contributed by atoms with Crippen LogP contribution in [-0.2, 0) is 6.54 Å². The molecule has 0 bridgehead atoms. The highest BCUT2D eigenvalue weighted by atomic mass is 127. The van der Waals surface area contributed by atoms with Gasteiger partial charge in [-0.2, -0.15) is 0 Å². The van der Waals surface area contributed by atoms with Gasteiger partial charge >= 0.3 is 0 Å². The van der Waals surface area contributed by atoms with E-state index in [2.05, 4.69) is 4.98 Å². The summed E-state index contributed by atoms with van der Waals surface area (Å²) in [5.74, 6) is 0. The first-order valence-corrected chi connectivity index (χ1v) is 4.85. The minimum atomic E-state index is -2.56. The van der Waals surface area contributed by atoms with Crippen molar-refractivity contribution >= 4 is 34.2 Å². The van der Waals surface area contributed by atoms with Crippen molar-refractivity contribution in [2.75, 3.05) is 0 Å². The average Bonchev–Trinajstić information content (AvgIpc) is 2.02. The fraction of sp³-hybridized carbons (Fsp3) is 0.286. The van der Waals surface area contributed by atoms with Gasteiger partial charge in [-0.3, -0.25) is 0 Å². The Labute approximate surface area is 92.6 Å². The maximum absolute atomic E-state index is 12.4. The second kappa shape index (κ2) is 4.47. The van der Waals surface area contributed by atoms with E-state index in [9.17, 15) is 8.78 Å². The summed E-state index contributed by atoms with van der Waals surface area (Å²) in [6.45, 7) is 0.0438. The minimum absolute atomic E-state index is 0.0438. The van der Waals surface area contributed by atoms with E-state index in [1.807, 2.05) is 22.6 Å². The zero-order chi connectivity index (χ0) is 10.0. The van der Waals surface area contributed by atoms with Crippen LogP contribution < -0.4 is 5.73 Å². The van der Waals surface area contributed by atoms with Crippen LogP contribution in [0.2, 0.25) is 5.15 Å². The molecule has 0 atom stereocenters. The van der Waals surface area contributed by atoms with Crippen molar-refractivity contribution in [1.29, 1.82) is 0 Å². The van der Waals surface area contributed by atoms with Gasteiger partial charge in [0, 0.05) is 17.7 Å². The van der Waals surface area contributed by atoms with Gasteiger partial charge in [0.1, 0.15) is 8.85 Å². The van der Waals surface area contributed by atoms with E-state index < -0.39 is 6.43 Å². The SMILES string of the molecule is NCc1c(C(F)F)cc(Cl)nc1I. The van der Waals surface area contributed by atoms with Crippen molar-refractivity contribution in [1.82, 2.24) is 4.98 Å². The molecule has 1 heterocycles. The lowest BCUT2D eigenvalue weighted by atomic mass is 10.1. The van der Waals surface area contributed by atoms with Crippen LogP contribution in [0.15, 0.2) is 6.07 Å². The Morgan fingerprint density at radius 2 is 2.23 bits per heavy atom. The highest BCUT2D eigenvalue weighted by molar-refractivity contribution is 14.1. The number of hydrogen-bond donors (Lipinski definition) is 1. The number of rotatable bonds is 2. The Balaban J connectivity index is 3.29. The number of nitrogens with zero attached hydrogens (tertiary/aromatic N) is 1. The molecule has 2 N–H and O–H groups in total. The molecule has 6 heteroatoms. The van der Waals surface area contributed by atoms with Crippen LogP contribution in [0.5, 0.6) is 0 Å². The summed E-state index contributed by atoms with van der Waals surface area (Å²) in [5, 5.41) is 0.0666. The monoisotopic (exact) mass is 318 g/mol. The van der Waals surface area contributed by atoms with Crippen molar-refractivity contribution in [2.45, 2.75) is 13.0 Å². The fourth-order valence-electron chi connectivity index (χ4n) is 0.925. The van der Waals surface area contributed by atoms with Gasteiger partial charge in [0.2, 0.25) is 0 Å². The average molecular weight is 318 g/mol. The zero-order valence-corrected chi connectivity index (χ0v) is 9.31. The summed E-state index contributed by atoms with van der Waals surface area (Å²) < 4.78 is 25.3. The molecule has 1 aromatic rings. The maximum atomic E-state index is 12.4. The number of hydrogen-bond acceptors (Lipinski definition) is 2. The van der Waals surface area contributed by atoms with Gasteiger partial charge < -0.3 is 5.73 Å². The van der Waals surface area contributed by atoms with E-state index in [1.165, 1.54) is 0 Å². The predicted molar refractivity (Wildman–Crippen MR) is 54.8 cm³/mol. The summed E-state index contributed by atoms with van der Waals surface area (Å²) >= 11 is 7.37. The Morgan fingerprint density at radius 1 is 1.62 bits per heavy atom. The van der Waals surface area contributed by atoms with Crippen molar-refractivity contribution < 1.29 is 8.78 Å². The highest BCUT2D eigenvalue weighted by Crippen LogP contribution is 2.27. The fourth-order valence-corrected chi connectivity index (χ4v) is 2.06. The number of nitrogens with two attached hydrogens (primary N) is 1. The summed E-state index contributed by atoms with van der Waals surface area (Å²) in [6.07, 6.45) is -2.56. The van der Waals surface area contributed by atoms with Gasteiger partial charge in [0.25, 0.3) is 6.43 Å². The number of halogens is 4. The van der Waals surface area contributed by atoms with Crippen molar-refractivity contribution in [3.63, 3.8) is 0 Å². The normalized spacial score (nSPS) is 10.9. The van der Waals surface area contributed by atoms with Crippen LogP contribution in [0.3, 0.4) is 0 Å². The van der Waals surface area contributed by atoms with Gasteiger partial charge in [-0.25, -0.2) is 13.8 Å². The molecule has 0 aliphatic heterocycles. The Morgan fingerprint density at radius 3 is 2.69 bits per heavy atom. The molecule has 0 amide bonds. The van der Waals surface area contributed by atoms with Crippen molar-refractivity contribution in [2.24, 2.45) is 5.73 Å². The van der Waals surface area contributed by atoms with Crippen LogP contribution in [0.1, 0.15) is 17.6 Å². The molecule has 0 spiro atoms. The molecule has 0 saturated carbocycles. The Hall–Kier alpha value is -0.0100. The van der Waals surface area contributed by atoms with Crippen LogP contribution >= 0.6 is 34.2 Å². The van der Waals surface area contributed by atoms with Crippen LogP contribution in [0.25, 0.3) is 0 Å². The number of aromatic nitrogens is 1. The minimum Gasteiger partial charge on any atom is -0.326 e. The third-order valence-corrected chi connectivity index (χ3v) is 2.60. The molecule has 1 rings (SSSR count). The van der Waals surface area contributed by atoms with Gasteiger partial charge in [-0.15, -0.1) is 0 Å². The number of alkyl halides is 2. The molecule has 0 radical (unpaired) electrons. The lowest BCUT2D eigenvalue weighted by molar-refractivity contribution is 0.150. The van der Waals surface area contributed by atoms with Crippen molar-refractivity contribution in [3.8, 4) is 0 Å². The van der Waals surface area contributed by atoms with Gasteiger partial charge in [-0.1, -0.05) is 11.6 Å². The largest absolute Gasteiger partial charge is 0.326 e. The van der Waals surface area contributed by atoms with Crippen LogP contribution in [0.4, 0.5) is 8.78 Å².